The van der Waals surface area contributed by atoms with E-state index in [0.29, 0.717) is 0 Å². The monoisotopic (exact) mass is 229 g/mol. The quantitative estimate of drug-likeness (QED) is 0.771. The van der Waals surface area contributed by atoms with Crippen LogP contribution in [0.1, 0.15) is 19.3 Å². The molecule has 0 aromatic heterocycles. The molecule has 0 saturated carbocycles. The molecule has 0 aliphatic carbocycles. The van der Waals surface area contributed by atoms with Crippen LogP contribution in [0.2, 0.25) is 0 Å². The van der Waals surface area contributed by atoms with Gasteiger partial charge >= 0.3 is 0 Å². The minimum absolute atomic E-state index is 0.774. The summed E-state index contributed by atoms with van der Waals surface area (Å²) in [5.74, 6) is 0.955. The second-order valence-corrected chi connectivity index (χ2v) is 4.21. The fraction of sp³-hybridized carbons (Fsp3) is 0.333. The first-order valence-corrected chi connectivity index (χ1v) is 6.22. The molecule has 2 N–H and O–H groups in total. The number of benzene rings is 2. The van der Waals surface area contributed by atoms with Gasteiger partial charge < -0.3 is 10.5 Å². The van der Waals surface area contributed by atoms with E-state index in [9.17, 15) is 0 Å². The molecule has 0 spiro atoms. The number of ether oxygens (including phenoxy) is 1. The molecule has 2 aromatic carbocycles. The average molecular weight is 229 g/mol. The van der Waals surface area contributed by atoms with Gasteiger partial charge in [-0.2, -0.15) is 0 Å². The number of unbranched alkanes of at least 4 members (excludes halogenated alkanes) is 2. The number of hydrogen-bond donors (Lipinski definition) is 1. The van der Waals surface area contributed by atoms with E-state index in [2.05, 4.69) is 30.3 Å². The molecular weight excluding hydrogens is 210 g/mol. The van der Waals surface area contributed by atoms with E-state index in [1.54, 1.807) is 0 Å². The molecule has 0 radical (unpaired) electrons. The molecule has 0 atom stereocenters. The molecule has 2 rings (SSSR count). The predicted octanol–water partition coefficient (Wildman–Crippen LogP) is 3.35. The van der Waals surface area contributed by atoms with Crippen molar-refractivity contribution in [1.82, 2.24) is 0 Å². The Labute approximate surface area is 102 Å². The molecule has 0 fully saturated rings. The second kappa shape index (κ2) is 6.26. The molecular formula is C15H19NO. The summed E-state index contributed by atoms with van der Waals surface area (Å²) >= 11 is 0. The summed E-state index contributed by atoms with van der Waals surface area (Å²) in [6.45, 7) is 1.55. The first-order chi connectivity index (χ1) is 8.40. The lowest BCUT2D eigenvalue weighted by atomic mass is 10.1. The van der Waals surface area contributed by atoms with Gasteiger partial charge in [0.25, 0.3) is 0 Å². The fourth-order valence-corrected chi connectivity index (χ4v) is 1.87. The van der Waals surface area contributed by atoms with Crippen LogP contribution in [0.25, 0.3) is 10.8 Å². The molecule has 2 nitrogen and oxygen atoms in total. The molecule has 0 bridgehead atoms. The summed E-state index contributed by atoms with van der Waals surface area (Å²) in [6, 6.07) is 14.5. The highest BCUT2D eigenvalue weighted by Crippen LogP contribution is 2.20. The molecule has 2 aromatic rings. The Morgan fingerprint density at radius 1 is 0.882 bits per heavy atom. The Balaban J connectivity index is 1.90. The van der Waals surface area contributed by atoms with Crippen LogP contribution in [0.4, 0.5) is 0 Å². The minimum atomic E-state index is 0.774. The molecule has 0 unspecified atom stereocenters. The first kappa shape index (κ1) is 11.9. The standard InChI is InChI=1S/C15H19NO/c16-10-4-1-5-11-17-15-9-8-13-6-2-3-7-14(13)12-15/h2-3,6-9,12H,1,4-5,10-11,16H2. The van der Waals surface area contributed by atoms with Crippen LogP contribution in [0.15, 0.2) is 42.5 Å². The first-order valence-electron chi connectivity index (χ1n) is 6.22. The van der Waals surface area contributed by atoms with Gasteiger partial charge in [0.15, 0.2) is 0 Å². The number of rotatable bonds is 6. The van der Waals surface area contributed by atoms with Crippen LogP contribution in [0.5, 0.6) is 5.75 Å². The van der Waals surface area contributed by atoms with Gasteiger partial charge in [0.1, 0.15) is 5.75 Å². The van der Waals surface area contributed by atoms with E-state index in [-0.39, 0.29) is 0 Å². The molecule has 0 amide bonds. The summed E-state index contributed by atoms with van der Waals surface area (Å²) in [5, 5.41) is 2.48. The van der Waals surface area contributed by atoms with Gasteiger partial charge in [0, 0.05) is 0 Å². The molecule has 2 heteroatoms. The molecule has 90 valence electrons. The smallest absolute Gasteiger partial charge is 0.119 e. The second-order valence-electron chi connectivity index (χ2n) is 4.21. The van der Waals surface area contributed by atoms with Crippen LogP contribution in [-0.2, 0) is 0 Å². The van der Waals surface area contributed by atoms with E-state index < -0.39 is 0 Å². The van der Waals surface area contributed by atoms with Crippen LogP contribution in [0.3, 0.4) is 0 Å². The Morgan fingerprint density at radius 2 is 1.71 bits per heavy atom. The van der Waals surface area contributed by atoms with Gasteiger partial charge in [-0.05, 0) is 48.7 Å². The van der Waals surface area contributed by atoms with Gasteiger partial charge in [-0.15, -0.1) is 0 Å². The maximum absolute atomic E-state index is 5.72. The molecule has 17 heavy (non-hydrogen) atoms. The highest BCUT2D eigenvalue weighted by Gasteiger charge is 1.96. The van der Waals surface area contributed by atoms with E-state index in [1.165, 1.54) is 10.8 Å². The SMILES string of the molecule is NCCCCCOc1ccc2ccccc2c1. The van der Waals surface area contributed by atoms with Gasteiger partial charge in [0.2, 0.25) is 0 Å². The number of hydrogen-bond acceptors (Lipinski definition) is 2. The van der Waals surface area contributed by atoms with Crippen molar-refractivity contribution in [3.8, 4) is 5.75 Å². The van der Waals surface area contributed by atoms with Crippen molar-refractivity contribution >= 4 is 10.8 Å². The van der Waals surface area contributed by atoms with Crippen molar-refractivity contribution in [2.45, 2.75) is 19.3 Å². The van der Waals surface area contributed by atoms with Crippen molar-refractivity contribution in [2.24, 2.45) is 5.73 Å². The number of nitrogens with two attached hydrogens (primary N) is 1. The third-order valence-electron chi connectivity index (χ3n) is 2.84. The van der Waals surface area contributed by atoms with Gasteiger partial charge in [-0.25, -0.2) is 0 Å². The zero-order valence-corrected chi connectivity index (χ0v) is 10.1. The molecule has 0 aliphatic rings. The summed E-state index contributed by atoms with van der Waals surface area (Å²) in [5.41, 5.74) is 5.44. The van der Waals surface area contributed by atoms with E-state index in [0.717, 1.165) is 38.2 Å². The molecule has 0 saturated heterocycles. The Hall–Kier alpha value is -1.54. The zero-order chi connectivity index (χ0) is 11.9. The van der Waals surface area contributed by atoms with Crippen molar-refractivity contribution in [3.63, 3.8) is 0 Å². The predicted molar refractivity (Wildman–Crippen MR) is 72.3 cm³/mol. The normalized spacial score (nSPS) is 10.6. The van der Waals surface area contributed by atoms with Crippen molar-refractivity contribution in [2.75, 3.05) is 13.2 Å². The highest BCUT2D eigenvalue weighted by atomic mass is 16.5. The van der Waals surface area contributed by atoms with E-state index in [4.69, 9.17) is 10.5 Å². The third kappa shape index (κ3) is 3.46. The van der Waals surface area contributed by atoms with Gasteiger partial charge in [0.05, 0.1) is 6.61 Å². The number of fused-ring (bicyclic) bond motifs is 1. The Kier molecular flexibility index (Phi) is 4.39. The van der Waals surface area contributed by atoms with Gasteiger partial charge in [-0.1, -0.05) is 30.3 Å². The molecule has 0 heterocycles. The maximum Gasteiger partial charge on any atom is 0.119 e. The zero-order valence-electron chi connectivity index (χ0n) is 10.1. The third-order valence-corrected chi connectivity index (χ3v) is 2.84. The lowest BCUT2D eigenvalue weighted by Crippen LogP contribution is -2.01. The summed E-state index contributed by atoms with van der Waals surface area (Å²) in [6.07, 6.45) is 3.30. The minimum Gasteiger partial charge on any atom is -0.494 e. The van der Waals surface area contributed by atoms with Crippen LogP contribution in [-0.4, -0.2) is 13.2 Å². The van der Waals surface area contributed by atoms with Crippen molar-refractivity contribution in [1.29, 1.82) is 0 Å². The van der Waals surface area contributed by atoms with E-state index >= 15 is 0 Å². The summed E-state index contributed by atoms with van der Waals surface area (Å²) < 4.78 is 5.72. The van der Waals surface area contributed by atoms with Crippen molar-refractivity contribution < 1.29 is 4.74 Å². The van der Waals surface area contributed by atoms with Crippen LogP contribution < -0.4 is 10.5 Å². The fourth-order valence-electron chi connectivity index (χ4n) is 1.87. The van der Waals surface area contributed by atoms with Crippen LogP contribution >= 0.6 is 0 Å². The lowest BCUT2D eigenvalue weighted by molar-refractivity contribution is 0.306. The highest BCUT2D eigenvalue weighted by molar-refractivity contribution is 5.83. The van der Waals surface area contributed by atoms with E-state index in [1.807, 2.05) is 12.1 Å². The summed E-state index contributed by atoms with van der Waals surface area (Å²) in [4.78, 5) is 0. The lowest BCUT2D eigenvalue weighted by Gasteiger charge is -2.07. The van der Waals surface area contributed by atoms with Crippen molar-refractivity contribution in [3.05, 3.63) is 42.5 Å². The largest absolute Gasteiger partial charge is 0.494 e. The van der Waals surface area contributed by atoms with Gasteiger partial charge in [-0.3, -0.25) is 0 Å². The Morgan fingerprint density at radius 3 is 2.53 bits per heavy atom. The average Bonchev–Trinajstić information content (AvgIpc) is 2.38. The molecule has 0 aliphatic heterocycles. The summed E-state index contributed by atoms with van der Waals surface area (Å²) in [7, 11) is 0. The maximum atomic E-state index is 5.72. The Bertz CT molecular complexity index is 467. The topological polar surface area (TPSA) is 35.2 Å². The van der Waals surface area contributed by atoms with Crippen LogP contribution in [0, 0.1) is 0 Å².